The fourth-order valence-corrected chi connectivity index (χ4v) is 4.20. The molecule has 11 heteroatoms. The predicted molar refractivity (Wildman–Crippen MR) is 136 cm³/mol. The van der Waals surface area contributed by atoms with Crippen LogP contribution in [0.1, 0.15) is 46.1 Å². The third-order valence-corrected chi connectivity index (χ3v) is 6.23. The molecule has 0 aliphatic carbocycles. The zero-order valence-electron chi connectivity index (χ0n) is 21.5. The maximum Gasteiger partial charge on any atom is 0.417 e. The Balaban J connectivity index is 2.03. The summed E-state index contributed by atoms with van der Waals surface area (Å²) in [6, 6.07) is 6.66. The van der Waals surface area contributed by atoms with Crippen LogP contribution < -0.4 is 15.3 Å². The van der Waals surface area contributed by atoms with Gasteiger partial charge in [0.1, 0.15) is 17.4 Å². The van der Waals surface area contributed by atoms with Crippen molar-refractivity contribution in [3.8, 4) is 11.3 Å². The Bertz CT molecular complexity index is 1220. The zero-order valence-corrected chi connectivity index (χ0v) is 21.5. The summed E-state index contributed by atoms with van der Waals surface area (Å²) in [7, 11) is 0. The van der Waals surface area contributed by atoms with E-state index < -0.39 is 17.8 Å². The van der Waals surface area contributed by atoms with Gasteiger partial charge in [-0.1, -0.05) is 32.0 Å². The average molecular weight is 518 g/mol. The van der Waals surface area contributed by atoms with Gasteiger partial charge < -0.3 is 25.0 Å². The molecule has 0 spiro atoms. The van der Waals surface area contributed by atoms with Gasteiger partial charge in [-0.05, 0) is 52.4 Å². The maximum atomic E-state index is 13.6. The van der Waals surface area contributed by atoms with Crippen molar-refractivity contribution in [2.45, 2.75) is 52.8 Å². The number of nitrogens with zero attached hydrogens (tertiary/aromatic N) is 5. The number of hydrogen-bond donors (Lipinski definition) is 1. The summed E-state index contributed by atoms with van der Waals surface area (Å²) in [5.74, 6) is 0.0587. The Hall–Kier alpha value is -3.47. The number of amides is 1. The summed E-state index contributed by atoms with van der Waals surface area (Å²) in [4.78, 5) is 28.1. The number of benzene rings is 1. The van der Waals surface area contributed by atoms with Crippen molar-refractivity contribution in [3.05, 3.63) is 42.1 Å². The van der Waals surface area contributed by atoms with Crippen molar-refractivity contribution in [1.29, 1.82) is 0 Å². The topological polar surface area (TPSA) is 97.3 Å². The van der Waals surface area contributed by atoms with E-state index in [2.05, 4.69) is 39.0 Å². The minimum Gasteiger partial charge on any atom is -0.530 e. The third-order valence-electron chi connectivity index (χ3n) is 6.23. The Kier molecular flexibility index (Phi) is 9.25. The molecule has 3 aromatic rings. The van der Waals surface area contributed by atoms with Gasteiger partial charge in [-0.2, -0.15) is 13.2 Å². The molecule has 1 atom stereocenters. The average Bonchev–Trinajstić information content (AvgIpc) is 2.86. The van der Waals surface area contributed by atoms with Gasteiger partial charge in [0.15, 0.2) is 5.65 Å². The number of aromatic nitrogens is 3. The Labute approximate surface area is 214 Å². The first-order valence-electron chi connectivity index (χ1n) is 12.4. The SMILES string of the molecule is CCN(CC)CCCC(C)Nc1cc(N(CC)C(=O)[O-])nc2nc(-c3ccccc3C(F)(F)F)cnc12. The Morgan fingerprint density at radius 3 is 2.43 bits per heavy atom. The highest BCUT2D eigenvalue weighted by Gasteiger charge is 2.33. The number of hydrogen-bond acceptors (Lipinski definition) is 7. The van der Waals surface area contributed by atoms with Crippen molar-refractivity contribution in [2.75, 3.05) is 36.4 Å². The number of halogens is 3. The van der Waals surface area contributed by atoms with Crippen molar-refractivity contribution >= 4 is 28.8 Å². The number of pyridine rings is 1. The molecule has 1 unspecified atom stereocenters. The first kappa shape index (κ1) is 28.1. The van der Waals surface area contributed by atoms with Gasteiger partial charge in [0.05, 0.1) is 23.1 Å². The molecule has 1 aromatic carbocycles. The number of carbonyl (C=O) groups is 1. The first-order chi connectivity index (χ1) is 17.6. The molecule has 37 heavy (non-hydrogen) atoms. The quantitative estimate of drug-likeness (QED) is 0.390. The smallest absolute Gasteiger partial charge is 0.417 e. The highest BCUT2D eigenvalue weighted by molar-refractivity contribution is 5.92. The minimum absolute atomic E-state index is 0.0134. The summed E-state index contributed by atoms with van der Waals surface area (Å²) in [5.41, 5.74) is -0.127. The summed E-state index contributed by atoms with van der Waals surface area (Å²) >= 11 is 0. The van der Waals surface area contributed by atoms with Gasteiger partial charge in [0, 0.05) is 24.2 Å². The van der Waals surface area contributed by atoms with Gasteiger partial charge in [-0.3, -0.25) is 0 Å². The lowest BCUT2D eigenvalue weighted by Gasteiger charge is -2.24. The monoisotopic (exact) mass is 517 g/mol. The van der Waals surface area contributed by atoms with E-state index in [4.69, 9.17) is 0 Å². The van der Waals surface area contributed by atoms with Crippen LogP contribution in [-0.2, 0) is 6.18 Å². The number of carboxylic acid groups (broad SMARTS) is 1. The van der Waals surface area contributed by atoms with Crippen LogP contribution in [0.3, 0.4) is 0 Å². The number of carbonyl (C=O) groups excluding carboxylic acids is 1. The molecule has 0 fully saturated rings. The minimum atomic E-state index is -4.58. The van der Waals surface area contributed by atoms with Gasteiger partial charge in [0.25, 0.3) is 0 Å². The highest BCUT2D eigenvalue weighted by Crippen LogP contribution is 2.37. The molecular weight excluding hydrogens is 485 g/mol. The third kappa shape index (κ3) is 6.85. The van der Waals surface area contributed by atoms with Crippen LogP contribution in [0.2, 0.25) is 0 Å². The molecule has 0 aliphatic rings. The normalized spacial score (nSPS) is 12.6. The van der Waals surface area contributed by atoms with Gasteiger partial charge in [0.2, 0.25) is 0 Å². The summed E-state index contributed by atoms with van der Waals surface area (Å²) in [6.45, 7) is 10.9. The van der Waals surface area contributed by atoms with Crippen LogP contribution >= 0.6 is 0 Å². The van der Waals surface area contributed by atoms with E-state index in [0.717, 1.165) is 43.4 Å². The van der Waals surface area contributed by atoms with Crippen molar-refractivity contribution < 1.29 is 23.1 Å². The second-order valence-corrected chi connectivity index (χ2v) is 8.72. The number of rotatable bonds is 11. The second kappa shape index (κ2) is 12.2. The molecule has 0 aliphatic heterocycles. The number of fused-ring (bicyclic) bond motifs is 1. The number of nitrogens with one attached hydrogen (secondary N) is 1. The number of anilines is 2. The fraction of sp³-hybridized carbons (Fsp3) is 0.462. The van der Waals surface area contributed by atoms with Gasteiger partial charge in [-0.15, -0.1) is 0 Å². The van der Waals surface area contributed by atoms with Gasteiger partial charge in [-0.25, -0.2) is 15.0 Å². The summed E-state index contributed by atoms with van der Waals surface area (Å²) in [6.07, 6.45) is -2.95. The van der Waals surface area contributed by atoms with E-state index >= 15 is 0 Å². The molecule has 2 heterocycles. The molecule has 2 aromatic heterocycles. The largest absolute Gasteiger partial charge is 0.530 e. The van der Waals surface area contributed by atoms with Crippen LogP contribution in [0.15, 0.2) is 36.5 Å². The summed E-state index contributed by atoms with van der Waals surface area (Å²) in [5, 5.41) is 15.1. The fourth-order valence-electron chi connectivity index (χ4n) is 4.20. The van der Waals surface area contributed by atoms with E-state index in [1.165, 1.54) is 24.4 Å². The lowest BCUT2D eigenvalue weighted by Crippen LogP contribution is -2.41. The molecule has 8 nitrogen and oxygen atoms in total. The van der Waals surface area contributed by atoms with E-state index in [-0.39, 0.29) is 35.3 Å². The lowest BCUT2D eigenvalue weighted by molar-refractivity contribution is -0.246. The highest BCUT2D eigenvalue weighted by atomic mass is 19.4. The first-order valence-corrected chi connectivity index (χ1v) is 12.4. The molecule has 0 saturated heterocycles. The van der Waals surface area contributed by atoms with Crippen molar-refractivity contribution in [1.82, 2.24) is 19.9 Å². The van der Waals surface area contributed by atoms with E-state index in [1.54, 1.807) is 13.0 Å². The standard InChI is InChI=1S/C26H33F3N6O2/c1-5-34(6-2)14-10-11-17(4)31-20-15-22(35(7-3)25(36)37)33-24-23(20)30-16-21(32-24)18-12-8-9-13-19(18)26(27,28)29/h8-9,12-13,15-17H,5-7,10-11,14H2,1-4H3,(H,36,37)(H,31,32,33)/p-1. The maximum absolute atomic E-state index is 13.6. The molecule has 1 amide bonds. The van der Waals surface area contributed by atoms with Crippen LogP contribution in [0.4, 0.5) is 29.5 Å². The predicted octanol–water partition coefficient (Wildman–Crippen LogP) is 4.80. The molecule has 0 radical (unpaired) electrons. The summed E-state index contributed by atoms with van der Waals surface area (Å²) < 4.78 is 40.8. The van der Waals surface area contributed by atoms with Crippen LogP contribution in [0.25, 0.3) is 22.4 Å². The van der Waals surface area contributed by atoms with Crippen molar-refractivity contribution in [3.63, 3.8) is 0 Å². The van der Waals surface area contributed by atoms with E-state index in [0.29, 0.717) is 11.2 Å². The molecule has 3 rings (SSSR count). The van der Waals surface area contributed by atoms with Crippen LogP contribution in [0.5, 0.6) is 0 Å². The lowest BCUT2D eigenvalue weighted by atomic mass is 10.0. The Morgan fingerprint density at radius 2 is 1.81 bits per heavy atom. The zero-order chi connectivity index (χ0) is 27.2. The van der Waals surface area contributed by atoms with Crippen LogP contribution in [-0.4, -0.2) is 58.2 Å². The molecule has 0 bridgehead atoms. The van der Waals surface area contributed by atoms with Crippen molar-refractivity contribution in [2.24, 2.45) is 0 Å². The molecule has 1 N–H and O–H groups in total. The molecular formula is C26H32F3N6O2-. The molecule has 200 valence electrons. The Morgan fingerprint density at radius 1 is 1.11 bits per heavy atom. The number of alkyl halides is 3. The van der Waals surface area contributed by atoms with Gasteiger partial charge >= 0.3 is 6.18 Å². The van der Waals surface area contributed by atoms with E-state index in [1.807, 2.05) is 6.92 Å². The van der Waals surface area contributed by atoms with E-state index in [9.17, 15) is 23.1 Å². The molecule has 0 saturated carbocycles. The van der Waals surface area contributed by atoms with Crippen LogP contribution in [0, 0.1) is 0 Å². The second-order valence-electron chi connectivity index (χ2n) is 8.72.